The van der Waals surface area contributed by atoms with Gasteiger partial charge < -0.3 is 9.47 Å². The largest absolute Gasteiger partial charge is 0.492 e. The van der Waals surface area contributed by atoms with Crippen molar-refractivity contribution >= 4 is 89.6 Å². The molecule has 0 atom stereocenters. The van der Waals surface area contributed by atoms with Crippen LogP contribution in [0.3, 0.4) is 0 Å². The third kappa shape index (κ3) is 6.62. The van der Waals surface area contributed by atoms with Crippen molar-refractivity contribution in [2.45, 2.75) is 102 Å². The molecule has 0 radical (unpaired) electrons. The summed E-state index contributed by atoms with van der Waals surface area (Å²) in [5.74, 6) is 1.69. The minimum absolute atomic E-state index is 0.0965. The molecule has 2 aromatic carbocycles. The smallest absolute Gasteiger partial charge is 0.138 e. The molecule has 2 spiro atoms. The third-order valence-electron chi connectivity index (χ3n) is 12.8. The Hall–Kier alpha value is -5.42. The van der Waals surface area contributed by atoms with E-state index in [4.69, 9.17) is 9.47 Å². The summed E-state index contributed by atoms with van der Waals surface area (Å²) in [7, 11) is 0. The second kappa shape index (κ2) is 16.0. The molecule has 0 amide bonds. The molecule has 0 bridgehead atoms. The summed E-state index contributed by atoms with van der Waals surface area (Å²) in [5, 5.41) is 40.8. The molecule has 4 aliphatic carbocycles. The average Bonchev–Trinajstić information content (AvgIpc) is 4.07. The molecule has 59 heavy (non-hydrogen) atoms. The standard InChI is InChI=1S/C50H44N4O2S3/c1-3-15-55-43-23-35(17-31(27-51)28-52)57-47(43)41-19-33-21-45-37(25-39(33)49(41)11-7-5-8-12-49)38-26-40-34(22-46(38)59-45)20-42(50(40)13-9-6-10-14-50)48-44(56-16-4-2)24-36(58-48)18-32(29-53)30-54/h17-26H,3-16H2,1-2H3. The molecular formula is C50H44N4O2S3. The number of hydrogen-bond donors (Lipinski definition) is 0. The lowest BCUT2D eigenvalue weighted by molar-refractivity contribution is 0.316. The summed E-state index contributed by atoms with van der Waals surface area (Å²) in [5.41, 5.74) is 7.98. The predicted molar refractivity (Wildman–Crippen MR) is 243 cm³/mol. The molecule has 5 aromatic rings. The monoisotopic (exact) mass is 828 g/mol. The van der Waals surface area contributed by atoms with Gasteiger partial charge in [0.05, 0.1) is 23.0 Å². The first-order chi connectivity index (χ1) is 28.9. The summed E-state index contributed by atoms with van der Waals surface area (Å²) >= 11 is 5.15. The van der Waals surface area contributed by atoms with Gasteiger partial charge in [0.1, 0.15) is 46.9 Å². The molecule has 2 saturated carbocycles. The molecule has 0 saturated heterocycles. The maximum Gasteiger partial charge on any atom is 0.138 e. The summed E-state index contributed by atoms with van der Waals surface area (Å²) in [4.78, 5) is 3.97. The molecule has 3 aromatic heterocycles. The van der Waals surface area contributed by atoms with Crippen LogP contribution in [0.15, 0.2) is 47.5 Å². The zero-order valence-electron chi connectivity index (χ0n) is 33.5. The fraction of sp³-hybridized carbons (Fsp3) is 0.360. The molecule has 9 heteroatoms. The van der Waals surface area contributed by atoms with Crippen molar-refractivity contribution in [3.63, 3.8) is 0 Å². The Labute approximate surface area is 358 Å². The minimum atomic E-state index is -0.132. The number of nitriles is 4. The van der Waals surface area contributed by atoms with Crippen molar-refractivity contribution in [3.05, 3.63) is 89.3 Å². The van der Waals surface area contributed by atoms with E-state index in [1.54, 1.807) is 34.8 Å². The molecule has 0 N–H and O–H groups in total. The average molecular weight is 829 g/mol. The molecule has 6 nitrogen and oxygen atoms in total. The van der Waals surface area contributed by atoms with Crippen molar-refractivity contribution < 1.29 is 9.47 Å². The highest BCUT2D eigenvalue weighted by molar-refractivity contribution is 7.25. The Bertz CT molecular complexity index is 2600. The predicted octanol–water partition coefficient (Wildman–Crippen LogP) is 14.1. The van der Waals surface area contributed by atoms with Crippen LogP contribution in [0.25, 0.3) is 55.6 Å². The van der Waals surface area contributed by atoms with E-state index in [1.165, 1.54) is 92.1 Å². The maximum absolute atomic E-state index is 9.55. The van der Waals surface area contributed by atoms with Gasteiger partial charge in [0.25, 0.3) is 0 Å². The lowest BCUT2D eigenvalue weighted by Gasteiger charge is -2.38. The van der Waals surface area contributed by atoms with Crippen molar-refractivity contribution in [1.82, 2.24) is 0 Å². The molecular weight excluding hydrogens is 785 g/mol. The van der Waals surface area contributed by atoms with Crippen molar-refractivity contribution in [1.29, 1.82) is 21.0 Å². The first-order valence-corrected chi connectivity index (χ1v) is 23.4. The first kappa shape index (κ1) is 39.1. The van der Waals surface area contributed by atoms with Crippen LogP contribution in [0.1, 0.15) is 133 Å². The Balaban J connectivity index is 1.18. The van der Waals surface area contributed by atoms with Crippen LogP contribution in [-0.2, 0) is 10.8 Å². The van der Waals surface area contributed by atoms with Crippen LogP contribution < -0.4 is 9.47 Å². The summed E-state index contributed by atoms with van der Waals surface area (Å²) < 4.78 is 15.4. The highest BCUT2D eigenvalue weighted by Gasteiger charge is 2.46. The minimum Gasteiger partial charge on any atom is -0.492 e. The Morgan fingerprint density at radius 3 is 1.36 bits per heavy atom. The van der Waals surface area contributed by atoms with Crippen LogP contribution in [0.4, 0.5) is 0 Å². The van der Waals surface area contributed by atoms with E-state index < -0.39 is 0 Å². The zero-order chi connectivity index (χ0) is 40.7. The quantitative estimate of drug-likeness (QED) is 0.130. The number of fused-ring (bicyclic) bond motifs is 7. The Morgan fingerprint density at radius 2 is 0.983 bits per heavy atom. The molecule has 0 unspecified atom stereocenters. The van der Waals surface area contributed by atoms with Gasteiger partial charge in [-0.05, 0) is 133 Å². The summed E-state index contributed by atoms with van der Waals surface area (Å²) in [6.45, 7) is 5.44. The third-order valence-corrected chi connectivity index (χ3v) is 16.1. The van der Waals surface area contributed by atoms with E-state index in [0.717, 1.165) is 69.5 Å². The molecule has 2 fully saturated rings. The van der Waals surface area contributed by atoms with Crippen LogP contribution in [0.5, 0.6) is 11.5 Å². The normalized spacial score (nSPS) is 17.0. The van der Waals surface area contributed by atoms with Gasteiger partial charge in [0.15, 0.2) is 0 Å². The first-order valence-electron chi connectivity index (χ1n) is 21.0. The number of benzene rings is 2. The number of rotatable bonds is 10. The Kier molecular flexibility index (Phi) is 10.6. The highest BCUT2D eigenvalue weighted by Crippen LogP contribution is 2.61. The molecule has 4 aliphatic rings. The maximum atomic E-state index is 9.55. The van der Waals surface area contributed by atoms with E-state index in [0.29, 0.717) is 13.2 Å². The number of nitrogens with zero attached hydrogens (tertiary/aromatic N) is 4. The van der Waals surface area contributed by atoms with Crippen molar-refractivity contribution in [2.24, 2.45) is 0 Å². The SMILES string of the molecule is CCCOc1cc(C=C(C#N)C#N)sc1C1=Cc2cc3sc4cc5c(cc4c3cc2C12CCCCC2)C1(CCCCC1)C(c1sc(C=C(C#N)C#N)cc1OCCC)=C5. The van der Waals surface area contributed by atoms with Crippen molar-refractivity contribution in [3.8, 4) is 35.8 Å². The van der Waals surface area contributed by atoms with Gasteiger partial charge in [-0.15, -0.1) is 34.0 Å². The van der Waals surface area contributed by atoms with Gasteiger partial charge in [-0.3, -0.25) is 0 Å². The summed E-state index contributed by atoms with van der Waals surface area (Å²) in [6, 6.07) is 22.1. The van der Waals surface area contributed by atoms with E-state index in [1.807, 2.05) is 47.7 Å². The van der Waals surface area contributed by atoms with Crippen LogP contribution in [-0.4, -0.2) is 13.2 Å². The van der Waals surface area contributed by atoms with Gasteiger partial charge in [-0.1, -0.05) is 52.4 Å². The number of hydrogen-bond acceptors (Lipinski definition) is 9. The highest BCUT2D eigenvalue weighted by atomic mass is 32.1. The van der Waals surface area contributed by atoms with Gasteiger partial charge >= 0.3 is 0 Å². The van der Waals surface area contributed by atoms with Gasteiger partial charge in [0.2, 0.25) is 0 Å². The molecule has 0 aliphatic heterocycles. The van der Waals surface area contributed by atoms with E-state index in [9.17, 15) is 21.0 Å². The fourth-order valence-electron chi connectivity index (χ4n) is 10.2. The topological polar surface area (TPSA) is 114 Å². The molecule has 3 heterocycles. The van der Waals surface area contributed by atoms with E-state index in [2.05, 4.69) is 50.3 Å². The number of thiophene rings is 3. The van der Waals surface area contributed by atoms with Gasteiger partial charge in [-0.25, -0.2) is 0 Å². The fourth-order valence-corrected chi connectivity index (χ4v) is 13.7. The van der Waals surface area contributed by atoms with Crippen LogP contribution in [0, 0.1) is 45.3 Å². The Morgan fingerprint density at radius 1 is 0.576 bits per heavy atom. The molecule has 9 rings (SSSR count). The zero-order valence-corrected chi connectivity index (χ0v) is 36.0. The number of ether oxygens (including phenoxy) is 2. The van der Waals surface area contributed by atoms with Gasteiger partial charge in [0, 0.05) is 40.8 Å². The van der Waals surface area contributed by atoms with Gasteiger partial charge in [-0.2, -0.15) is 21.0 Å². The second-order valence-electron chi connectivity index (χ2n) is 16.3. The lowest BCUT2D eigenvalue weighted by atomic mass is 9.66. The number of allylic oxidation sites excluding steroid dienone is 4. The van der Waals surface area contributed by atoms with Crippen LogP contribution >= 0.6 is 34.0 Å². The van der Waals surface area contributed by atoms with E-state index >= 15 is 0 Å². The van der Waals surface area contributed by atoms with Crippen LogP contribution in [0.2, 0.25) is 0 Å². The van der Waals surface area contributed by atoms with E-state index in [-0.39, 0.29) is 22.0 Å². The molecule has 294 valence electrons. The second-order valence-corrected chi connectivity index (χ2v) is 19.6. The summed E-state index contributed by atoms with van der Waals surface area (Å²) in [6.07, 6.45) is 21.4. The lowest BCUT2D eigenvalue weighted by Crippen LogP contribution is -2.28. The van der Waals surface area contributed by atoms with Crippen molar-refractivity contribution in [2.75, 3.05) is 13.2 Å².